The fourth-order valence-electron chi connectivity index (χ4n) is 3.42. The maximum absolute atomic E-state index is 12.8. The fourth-order valence-corrected chi connectivity index (χ4v) is 4.84. The summed E-state index contributed by atoms with van der Waals surface area (Å²) in [5.41, 5.74) is 1.10. The summed E-state index contributed by atoms with van der Waals surface area (Å²) in [5.74, 6) is -1.15. The summed E-state index contributed by atoms with van der Waals surface area (Å²) >= 11 is 0. The SMILES string of the molecule is CC(=O)N1CCN(S(=O)(=O)c2ccc(C(=O)OCC(=O)N(C)Cc3ccccc3)cc2)CC1. The Morgan fingerprint density at radius 3 is 2.12 bits per heavy atom. The monoisotopic (exact) mass is 473 g/mol. The molecule has 33 heavy (non-hydrogen) atoms. The second kappa shape index (κ2) is 10.6. The van der Waals surface area contributed by atoms with E-state index in [1.54, 1.807) is 11.9 Å². The number of benzene rings is 2. The quantitative estimate of drug-likeness (QED) is 0.563. The number of hydrogen-bond acceptors (Lipinski definition) is 6. The van der Waals surface area contributed by atoms with Crippen LogP contribution in [0.1, 0.15) is 22.8 Å². The maximum atomic E-state index is 12.8. The van der Waals surface area contributed by atoms with Crippen molar-refractivity contribution in [3.8, 4) is 0 Å². The minimum atomic E-state index is -3.74. The van der Waals surface area contributed by atoms with Crippen molar-refractivity contribution in [2.24, 2.45) is 0 Å². The molecule has 0 bridgehead atoms. The molecule has 0 N–H and O–H groups in total. The van der Waals surface area contributed by atoms with Crippen molar-refractivity contribution < 1.29 is 27.5 Å². The number of esters is 1. The molecule has 2 aromatic rings. The number of nitrogens with zero attached hydrogens (tertiary/aromatic N) is 3. The molecule has 10 heteroatoms. The van der Waals surface area contributed by atoms with Crippen molar-refractivity contribution in [3.63, 3.8) is 0 Å². The lowest BCUT2D eigenvalue weighted by molar-refractivity contribution is -0.133. The van der Waals surface area contributed by atoms with Gasteiger partial charge in [0.2, 0.25) is 15.9 Å². The van der Waals surface area contributed by atoms with Crippen LogP contribution in [0.2, 0.25) is 0 Å². The number of piperazine rings is 1. The van der Waals surface area contributed by atoms with Crippen molar-refractivity contribution >= 4 is 27.8 Å². The molecule has 3 rings (SSSR count). The first-order chi connectivity index (χ1) is 15.7. The van der Waals surface area contributed by atoms with Crippen LogP contribution in [0.3, 0.4) is 0 Å². The van der Waals surface area contributed by atoms with E-state index in [1.165, 1.54) is 40.4 Å². The van der Waals surface area contributed by atoms with Gasteiger partial charge in [-0.05, 0) is 29.8 Å². The van der Waals surface area contributed by atoms with Gasteiger partial charge in [0.05, 0.1) is 10.5 Å². The zero-order valence-electron chi connectivity index (χ0n) is 18.6. The van der Waals surface area contributed by atoms with E-state index in [0.717, 1.165) is 5.56 Å². The second-order valence-corrected chi connectivity index (χ2v) is 9.68. The van der Waals surface area contributed by atoms with Crippen molar-refractivity contribution in [1.82, 2.24) is 14.1 Å². The normalized spacial score (nSPS) is 14.5. The number of rotatable bonds is 7. The maximum Gasteiger partial charge on any atom is 0.338 e. The van der Waals surface area contributed by atoms with Crippen LogP contribution >= 0.6 is 0 Å². The molecule has 0 radical (unpaired) electrons. The van der Waals surface area contributed by atoms with E-state index in [9.17, 15) is 22.8 Å². The third-order valence-corrected chi connectivity index (χ3v) is 7.34. The minimum Gasteiger partial charge on any atom is -0.452 e. The lowest BCUT2D eigenvalue weighted by Crippen LogP contribution is -2.49. The summed E-state index contributed by atoms with van der Waals surface area (Å²) < 4.78 is 32.1. The Bertz CT molecular complexity index is 1090. The highest BCUT2D eigenvalue weighted by molar-refractivity contribution is 7.89. The molecule has 9 nitrogen and oxygen atoms in total. The molecule has 176 valence electrons. The first-order valence-corrected chi connectivity index (χ1v) is 11.9. The Hall–Kier alpha value is -3.24. The molecule has 1 aliphatic heterocycles. The van der Waals surface area contributed by atoms with E-state index in [1.807, 2.05) is 30.3 Å². The van der Waals surface area contributed by atoms with Crippen LogP contribution in [0.25, 0.3) is 0 Å². The van der Waals surface area contributed by atoms with Crippen LogP contribution in [0, 0.1) is 0 Å². The van der Waals surface area contributed by atoms with Crippen LogP contribution in [0.5, 0.6) is 0 Å². The van der Waals surface area contributed by atoms with E-state index in [2.05, 4.69) is 0 Å². The van der Waals surface area contributed by atoms with Crippen LogP contribution in [-0.4, -0.2) is 80.1 Å². The van der Waals surface area contributed by atoms with E-state index < -0.39 is 22.6 Å². The Morgan fingerprint density at radius 2 is 1.55 bits per heavy atom. The molecule has 0 atom stereocenters. The third kappa shape index (κ3) is 6.17. The van der Waals surface area contributed by atoms with Crippen LogP contribution < -0.4 is 0 Å². The Balaban J connectivity index is 1.54. The zero-order chi connectivity index (χ0) is 24.0. The average Bonchev–Trinajstić information content (AvgIpc) is 2.83. The predicted octanol–water partition coefficient (Wildman–Crippen LogP) is 1.35. The number of sulfonamides is 1. The molecule has 1 heterocycles. The first kappa shape index (κ1) is 24.4. The van der Waals surface area contributed by atoms with Gasteiger partial charge in [0, 0.05) is 46.7 Å². The number of carbonyl (C=O) groups excluding carboxylic acids is 3. The Morgan fingerprint density at radius 1 is 0.939 bits per heavy atom. The van der Waals surface area contributed by atoms with Crippen molar-refractivity contribution in [2.45, 2.75) is 18.4 Å². The number of likely N-dealkylation sites (N-methyl/N-ethyl adjacent to an activating group) is 1. The molecule has 0 unspecified atom stereocenters. The largest absolute Gasteiger partial charge is 0.452 e. The van der Waals surface area contributed by atoms with E-state index in [-0.39, 0.29) is 35.4 Å². The average molecular weight is 474 g/mol. The predicted molar refractivity (Wildman–Crippen MR) is 121 cm³/mol. The zero-order valence-corrected chi connectivity index (χ0v) is 19.5. The van der Waals surface area contributed by atoms with Crippen LogP contribution in [0.4, 0.5) is 0 Å². The summed E-state index contributed by atoms with van der Waals surface area (Å²) in [7, 11) is -2.11. The summed E-state index contributed by atoms with van der Waals surface area (Å²) in [6.45, 7) is 2.54. The number of carbonyl (C=O) groups is 3. The summed E-state index contributed by atoms with van der Waals surface area (Å²) in [6, 6.07) is 14.8. The van der Waals surface area contributed by atoms with Gasteiger partial charge in [-0.15, -0.1) is 0 Å². The number of amides is 2. The van der Waals surface area contributed by atoms with Crippen molar-refractivity contribution in [2.75, 3.05) is 39.8 Å². The molecule has 1 aliphatic rings. The highest BCUT2D eigenvalue weighted by atomic mass is 32.2. The van der Waals surface area contributed by atoms with Gasteiger partial charge in [-0.3, -0.25) is 9.59 Å². The van der Waals surface area contributed by atoms with Gasteiger partial charge in [-0.2, -0.15) is 4.31 Å². The molecule has 1 saturated heterocycles. The molecule has 0 saturated carbocycles. The number of ether oxygens (including phenoxy) is 1. The van der Waals surface area contributed by atoms with Gasteiger partial charge in [-0.25, -0.2) is 13.2 Å². The van der Waals surface area contributed by atoms with Gasteiger partial charge in [0.25, 0.3) is 5.91 Å². The Kier molecular flexibility index (Phi) is 7.83. The third-order valence-electron chi connectivity index (χ3n) is 5.43. The van der Waals surface area contributed by atoms with E-state index in [0.29, 0.717) is 19.6 Å². The first-order valence-electron chi connectivity index (χ1n) is 10.5. The van der Waals surface area contributed by atoms with Gasteiger partial charge < -0.3 is 14.5 Å². The fraction of sp³-hybridized carbons (Fsp3) is 0.348. The topological polar surface area (TPSA) is 104 Å². The van der Waals surface area contributed by atoms with Gasteiger partial charge in [0.1, 0.15) is 0 Å². The highest BCUT2D eigenvalue weighted by Gasteiger charge is 2.29. The summed E-state index contributed by atoms with van der Waals surface area (Å²) in [6.07, 6.45) is 0. The molecular formula is C23H27N3O6S. The van der Waals surface area contributed by atoms with Gasteiger partial charge >= 0.3 is 5.97 Å². The van der Waals surface area contributed by atoms with E-state index >= 15 is 0 Å². The minimum absolute atomic E-state index is 0.0500. The number of hydrogen-bond donors (Lipinski definition) is 0. The summed E-state index contributed by atoms with van der Waals surface area (Å²) in [5, 5.41) is 0. The highest BCUT2D eigenvalue weighted by Crippen LogP contribution is 2.19. The van der Waals surface area contributed by atoms with Crippen LogP contribution in [-0.2, 0) is 30.9 Å². The van der Waals surface area contributed by atoms with Crippen molar-refractivity contribution in [1.29, 1.82) is 0 Å². The van der Waals surface area contributed by atoms with E-state index in [4.69, 9.17) is 4.74 Å². The smallest absolute Gasteiger partial charge is 0.338 e. The molecule has 2 amide bonds. The lowest BCUT2D eigenvalue weighted by atomic mass is 10.2. The molecule has 2 aromatic carbocycles. The Labute approximate surface area is 193 Å². The molecule has 0 aliphatic carbocycles. The standard InChI is InChI=1S/C23H27N3O6S/c1-18(27)25-12-14-26(15-13-25)33(30,31)21-10-8-20(9-11-21)23(29)32-17-22(28)24(2)16-19-6-4-3-5-7-19/h3-11H,12-17H2,1-2H3. The molecule has 0 aromatic heterocycles. The van der Waals surface area contributed by atoms with Crippen molar-refractivity contribution in [3.05, 3.63) is 65.7 Å². The lowest BCUT2D eigenvalue weighted by Gasteiger charge is -2.33. The molecular weight excluding hydrogens is 446 g/mol. The second-order valence-electron chi connectivity index (χ2n) is 7.75. The van der Waals surface area contributed by atoms with Gasteiger partial charge in [0.15, 0.2) is 6.61 Å². The van der Waals surface area contributed by atoms with Gasteiger partial charge in [-0.1, -0.05) is 30.3 Å². The molecule has 1 fully saturated rings. The summed E-state index contributed by atoms with van der Waals surface area (Å²) in [4.78, 5) is 39.1. The molecule has 0 spiro atoms. The van der Waals surface area contributed by atoms with Crippen LogP contribution in [0.15, 0.2) is 59.5 Å².